The summed E-state index contributed by atoms with van der Waals surface area (Å²) in [5.74, 6) is -1.27. The number of ether oxygens (including phenoxy) is 1. The van der Waals surface area contributed by atoms with Crippen LogP contribution in [0.5, 0.6) is 11.5 Å². The van der Waals surface area contributed by atoms with Gasteiger partial charge in [0.25, 0.3) is 0 Å². The second kappa shape index (κ2) is 6.16. The summed E-state index contributed by atoms with van der Waals surface area (Å²) in [7, 11) is -4.59. The van der Waals surface area contributed by atoms with Gasteiger partial charge in [-0.1, -0.05) is 6.07 Å². The molecule has 0 heterocycles. The van der Waals surface area contributed by atoms with E-state index in [4.69, 9.17) is 8.92 Å². The molecule has 0 aromatic heterocycles. The molecule has 1 fully saturated rings. The third-order valence-corrected chi connectivity index (χ3v) is 4.68. The van der Waals surface area contributed by atoms with E-state index in [1.807, 2.05) is 0 Å². The van der Waals surface area contributed by atoms with Crippen LogP contribution in [0.4, 0.5) is 8.78 Å². The maximum absolute atomic E-state index is 13.6. The summed E-state index contributed by atoms with van der Waals surface area (Å²) >= 11 is 0. The van der Waals surface area contributed by atoms with E-state index >= 15 is 0 Å². The molecule has 3 rings (SSSR count). The molecule has 2 aromatic carbocycles. The average molecular weight is 340 g/mol. The van der Waals surface area contributed by atoms with Crippen molar-refractivity contribution >= 4 is 10.1 Å². The molecule has 0 bridgehead atoms. The fourth-order valence-corrected chi connectivity index (χ4v) is 3.04. The zero-order valence-electron chi connectivity index (χ0n) is 12.0. The van der Waals surface area contributed by atoms with Gasteiger partial charge < -0.3 is 8.92 Å². The maximum Gasteiger partial charge on any atom is 0.345 e. The Kier molecular flexibility index (Phi) is 4.21. The van der Waals surface area contributed by atoms with E-state index in [-0.39, 0.29) is 5.75 Å². The van der Waals surface area contributed by atoms with Crippen LogP contribution in [-0.2, 0) is 10.1 Å². The Morgan fingerprint density at radius 3 is 2.09 bits per heavy atom. The first-order valence-electron chi connectivity index (χ1n) is 7.07. The summed E-state index contributed by atoms with van der Waals surface area (Å²) in [6.45, 7) is 0.624. The molecule has 0 N–H and O–H groups in total. The molecule has 0 atom stereocenters. The highest BCUT2D eigenvalue weighted by Gasteiger charge is 2.26. The molecule has 0 spiro atoms. The normalized spacial score (nSPS) is 14.5. The highest BCUT2D eigenvalue weighted by molar-refractivity contribution is 7.87. The van der Waals surface area contributed by atoms with Crippen molar-refractivity contribution in [1.82, 2.24) is 0 Å². The standard InChI is InChI=1S/C16H14F2O4S/c17-14-2-1-3-15(18)16(14)23(19,20)22-13-8-6-12(7-9-13)21-10-11-4-5-11/h1-3,6-9,11H,4-5,10H2. The van der Waals surface area contributed by atoms with Crippen LogP contribution in [0.25, 0.3) is 0 Å². The van der Waals surface area contributed by atoms with Crippen molar-refractivity contribution < 1.29 is 26.1 Å². The third kappa shape index (κ3) is 3.79. The van der Waals surface area contributed by atoms with Crippen molar-refractivity contribution in [3.8, 4) is 11.5 Å². The van der Waals surface area contributed by atoms with Gasteiger partial charge in [0.1, 0.15) is 23.1 Å². The number of hydrogen-bond donors (Lipinski definition) is 0. The van der Waals surface area contributed by atoms with Crippen LogP contribution in [0.3, 0.4) is 0 Å². The van der Waals surface area contributed by atoms with Crippen LogP contribution in [-0.4, -0.2) is 15.0 Å². The van der Waals surface area contributed by atoms with E-state index in [1.165, 1.54) is 12.1 Å². The number of rotatable bonds is 6. The topological polar surface area (TPSA) is 52.6 Å². The zero-order valence-corrected chi connectivity index (χ0v) is 12.9. The van der Waals surface area contributed by atoms with Gasteiger partial charge in [-0.05, 0) is 55.2 Å². The summed E-state index contributed by atoms with van der Waals surface area (Å²) in [4.78, 5) is -1.10. The molecule has 122 valence electrons. The van der Waals surface area contributed by atoms with Crippen molar-refractivity contribution in [3.63, 3.8) is 0 Å². The van der Waals surface area contributed by atoms with Crippen LogP contribution in [0.15, 0.2) is 47.4 Å². The van der Waals surface area contributed by atoms with Crippen LogP contribution in [0.1, 0.15) is 12.8 Å². The van der Waals surface area contributed by atoms with E-state index in [1.54, 1.807) is 12.1 Å². The van der Waals surface area contributed by atoms with E-state index in [9.17, 15) is 17.2 Å². The van der Waals surface area contributed by atoms with Crippen LogP contribution < -0.4 is 8.92 Å². The highest BCUT2D eigenvalue weighted by Crippen LogP contribution is 2.30. The van der Waals surface area contributed by atoms with Gasteiger partial charge in [-0.15, -0.1) is 0 Å². The first-order chi connectivity index (χ1) is 11.0. The predicted octanol–water partition coefficient (Wildman–Crippen LogP) is 3.52. The van der Waals surface area contributed by atoms with Crippen molar-refractivity contribution in [2.24, 2.45) is 5.92 Å². The molecule has 4 nitrogen and oxygen atoms in total. The fraction of sp³-hybridized carbons (Fsp3) is 0.250. The SMILES string of the molecule is O=S(=O)(Oc1ccc(OCC2CC2)cc1)c1c(F)cccc1F. The van der Waals surface area contributed by atoms with Crippen LogP contribution >= 0.6 is 0 Å². The summed E-state index contributed by atoms with van der Waals surface area (Å²) in [5.41, 5.74) is 0. The van der Waals surface area contributed by atoms with Crippen molar-refractivity contribution in [1.29, 1.82) is 0 Å². The van der Waals surface area contributed by atoms with Crippen molar-refractivity contribution in [3.05, 3.63) is 54.1 Å². The lowest BCUT2D eigenvalue weighted by atomic mass is 10.3. The van der Waals surface area contributed by atoms with E-state index in [0.717, 1.165) is 31.0 Å². The van der Waals surface area contributed by atoms with Gasteiger partial charge >= 0.3 is 10.1 Å². The molecule has 0 saturated heterocycles. The lowest BCUT2D eigenvalue weighted by molar-refractivity contribution is 0.299. The number of benzene rings is 2. The second-order valence-electron chi connectivity index (χ2n) is 5.31. The quantitative estimate of drug-likeness (QED) is 0.755. The molecule has 1 aliphatic carbocycles. The molecule has 2 aromatic rings. The zero-order chi connectivity index (χ0) is 16.4. The van der Waals surface area contributed by atoms with E-state index in [2.05, 4.69) is 0 Å². The fourth-order valence-electron chi connectivity index (χ4n) is 1.98. The summed E-state index contributed by atoms with van der Waals surface area (Å²) < 4.78 is 61.5. The Bertz CT molecular complexity index is 779. The van der Waals surface area contributed by atoms with Crippen LogP contribution in [0, 0.1) is 17.6 Å². The Labute approximate surface area is 132 Å². The molecule has 23 heavy (non-hydrogen) atoms. The Balaban J connectivity index is 1.74. The molecular weight excluding hydrogens is 326 g/mol. The lowest BCUT2D eigenvalue weighted by Gasteiger charge is -2.09. The van der Waals surface area contributed by atoms with E-state index < -0.39 is 26.6 Å². The van der Waals surface area contributed by atoms with Gasteiger partial charge in [0, 0.05) is 0 Å². The Hall–Kier alpha value is -2.15. The summed E-state index contributed by atoms with van der Waals surface area (Å²) in [5, 5.41) is 0. The molecule has 1 saturated carbocycles. The first-order valence-corrected chi connectivity index (χ1v) is 8.48. The molecule has 0 amide bonds. The Morgan fingerprint density at radius 2 is 1.52 bits per heavy atom. The molecule has 0 unspecified atom stereocenters. The van der Waals surface area contributed by atoms with Gasteiger partial charge in [0.05, 0.1) is 6.61 Å². The van der Waals surface area contributed by atoms with Crippen molar-refractivity contribution in [2.45, 2.75) is 17.7 Å². The lowest BCUT2D eigenvalue weighted by Crippen LogP contribution is -2.13. The van der Waals surface area contributed by atoms with Gasteiger partial charge in [-0.25, -0.2) is 8.78 Å². The number of hydrogen-bond acceptors (Lipinski definition) is 4. The van der Waals surface area contributed by atoms with Crippen molar-refractivity contribution in [2.75, 3.05) is 6.61 Å². The van der Waals surface area contributed by atoms with E-state index in [0.29, 0.717) is 18.3 Å². The van der Waals surface area contributed by atoms with Gasteiger partial charge in [-0.3, -0.25) is 0 Å². The Morgan fingerprint density at radius 1 is 0.957 bits per heavy atom. The molecule has 1 aliphatic rings. The predicted molar refractivity (Wildman–Crippen MR) is 78.8 cm³/mol. The van der Waals surface area contributed by atoms with Gasteiger partial charge in [0.15, 0.2) is 4.90 Å². The van der Waals surface area contributed by atoms with Gasteiger partial charge in [0.2, 0.25) is 0 Å². The highest BCUT2D eigenvalue weighted by atomic mass is 32.2. The number of halogens is 2. The smallest absolute Gasteiger partial charge is 0.345 e. The largest absolute Gasteiger partial charge is 0.493 e. The summed E-state index contributed by atoms with van der Waals surface area (Å²) in [6.07, 6.45) is 2.32. The minimum Gasteiger partial charge on any atom is -0.493 e. The molecule has 7 heteroatoms. The molecule has 0 aliphatic heterocycles. The first kappa shape index (κ1) is 15.7. The molecule has 0 radical (unpaired) electrons. The minimum absolute atomic E-state index is 0.0496. The van der Waals surface area contributed by atoms with Gasteiger partial charge in [-0.2, -0.15) is 8.42 Å². The minimum atomic E-state index is -4.59. The maximum atomic E-state index is 13.6. The third-order valence-electron chi connectivity index (χ3n) is 3.38. The summed E-state index contributed by atoms with van der Waals surface area (Å²) in [6, 6.07) is 8.63. The van der Waals surface area contributed by atoms with Crippen LogP contribution in [0.2, 0.25) is 0 Å². The average Bonchev–Trinajstić information content (AvgIpc) is 3.30. The molecular formula is C16H14F2O4S. The monoisotopic (exact) mass is 340 g/mol. The second-order valence-corrected chi connectivity index (χ2v) is 6.80.